The highest BCUT2D eigenvalue weighted by Gasteiger charge is 2.19. The summed E-state index contributed by atoms with van der Waals surface area (Å²) >= 11 is 0. The van der Waals surface area contributed by atoms with Crippen LogP contribution in [0.1, 0.15) is 11.6 Å². The van der Waals surface area contributed by atoms with Crippen molar-refractivity contribution in [2.75, 3.05) is 11.9 Å². The number of para-hydroxylation sites is 1. The van der Waals surface area contributed by atoms with Gasteiger partial charge in [-0.05, 0) is 18.1 Å². The summed E-state index contributed by atoms with van der Waals surface area (Å²) in [6.45, 7) is 0.917. The van der Waals surface area contributed by atoms with Crippen molar-refractivity contribution in [3.63, 3.8) is 0 Å². The second-order valence-corrected chi connectivity index (χ2v) is 3.77. The molecule has 4 nitrogen and oxygen atoms in total. The van der Waals surface area contributed by atoms with Gasteiger partial charge in [-0.3, -0.25) is 0 Å². The number of hydrogen-bond donors (Lipinski definition) is 1. The van der Waals surface area contributed by atoms with E-state index in [0.29, 0.717) is 6.04 Å². The molecule has 1 N–H and O–H groups in total. The standard InChI is InChI=1S/C11H12N4/c1-2-4-11-9(3-1)5-10(6-13-11)15-8-12-7-14-15/h1-4,7-8,10,13H,5-6H2. The van der Waals surface area contributed by atoms with Crippen LogP contribution in [0.2, 0.25) is 0 Å². The fraction of sp³-hybridized carbons (Fsp3) is 0.273. The Morgan fingerprint density at radius 1 is 1.33 bits per heavy atom. The third kappa shape index (κ3) is 1.48. The van der Waals surface area contributed by atoms with Crippen molar-refractivity contribution < 1.29 is 0 Å². The lowest BCUT2D eigenvalue weighted by Crippen LogP contribution is -2.26. The molecule has 0 spiro atoms. The minimum Gasteiger partial charge on any atom is -0.383 e. The highest BCUT2D eigenvalue weighted by atomic mass is 15.3. The van der Waals surface area contributed by atoms with Crippen molar-refractivity contribution in [3.8, 4) is 0 Å². The molecule has 0 radical (unpaired) electrons. The Morgan fingerprint density at radius 2 is 2.27 bits per heavy atom. The monoisotopic (exact) mass is 200 g/mol. The summed E-state index contributed by atoms with van der Waals surface area (Å²) in [6, 6.07) is 8.78. The smallest absolute Gasteiger partial charge is 0.137 e. The summed E-state index contributed by atoms with van der Waals surface area (Å²) in [4.78, 5) is 3.98. The van der Waals surface area contributed by atoms with Gasteiger partial charge >= 0.3 is 0 Å². The summed E-state index contributed by atoms with van der Waals surface area (Å²) in [6.07, 6.45) is 4.38. The first-order valence-electron chi connectivity index (χ1n) is 5.09. The molecule has 4 heteroatoms. The molecule has 0 aliphatic carbocycles. The average Bonchev–Trinajstić information content (AvgIpc) is 2.82. The highest BCUT2D eigenvalue weighted by Crippen LogP contribution is 2.25. The Labute approximate surface area is 88.0 Å². The minimum atomic E-state index is 0.377. The van der Waals surface area contributed by atoms with Crippen LogP contribution in [0.4, 0.5) is 5.69 Å². The van der Waals surface area contributed by atoms with Crippen LogP contribution in [0.15, 0.2) is 36.9 Å². The molecule has 1 unspecified atom stereocenters. The van der Waals surface area contributed by atoms with Crippen LogP contribution in [-0.2, 0) is 6.42 Å². The molecule has 15 heavy (non-hydrogen) atoms. The number of nitrogens with one attached hydrogen (secondary N) is 1. The van der Waals surface area contributed by atoms with Crippen molar-refractivity contribution in [2.45, 2.75) is 12.5 Å². The van der Waals surface area contributed by atoms with E-state index in [1.54, 1.807) is 12.7 Å². The molecule has 2 heterocycles. The van der Waals surface area contributed by atoms with Crippen molar-refractivity contribution >= 4 is 5.69 Å². The first-order chi connectivity index (χ1) is 7.43. The largest absolute Gasteiger partial charge is 0.383 e. The molecular formula is C11H12N4. The second kappa shape index (κ2) is 3.38. The molecule has 76 valence electrons. The van der Waals surface area contributed by atoms with E-state index in [0.717, 1.165) is 13.0 Å². The summed E-state index contributed by atoms with van der Waals surface area (Å²) in [5.41, 5.74) is 2.60. The molecule has 1 aromatic heterocycles. The summed E-state index contributed by atoms with van der Waals surface area (Å²) in [5.74, 6) is 0. The number of rotatable bonds is 1. The first kappa shape index (κ1) is 8.47. The van der Waals surface area contributed by atoms with Crippen molar-refractivity contribution in [1.82, 2.24) is 14.8 Å². The number of aromatic nitrogens is 3. The molecule has 0 saturated heterocycles. The maximum atomic E-state index is 4.18. The van der Waals surface area contributed by atoms with E-state index >= 15 is 0 Å². The van der Waals surface area contributed by atoms with Gasteiger partial charge in [0.05, 0.1) is 6.04 Å². The molecule has 1 aromatic carbocycles. The summed E-state index contributed by atoms with van der Waals surface area (Å²) < 4.78 is 1.92. The lowest BCUT2D eigenvalue weighted by Gasteiger charge is -2.25. The second-order valence-electron chi connectivity index (χ2n) is 3.77. The molecule has 0 fully saturated rings. The molecule has 1 aliphatic rings. The van der Waals surface area contributed by atoms with E-state index in [1.165, 1.54) is 11.3 Å². The Balaban J connectivity index is 1.89. The van der Waals surface area contributed by atoms with E-state index in [2.05, 4.69) is 39.7 Å². The predicted octanol–water partition coefficient (Wildman–Crippen LogP) is 1.49. The average molecular weight is 200 g/mol. The van der Waals surface area contributed by atoms with Gasteiger partial charge in [-0.25, -0.2) is 9.67 Å². The molecule has 0 amide bonds. The topological polar surface area (TPSA) is 42.7 Å². The molecular weight excluding hydrogens is 188 g/mol. The minimum absolute atomic E-state index is 0.377. The molecule has 3 rings (SSSR count). The van der Waals surface area contributed by atoms with Gasteiger partial charge in [0, 0.05) is 12.2 Å². The molecule has 0 bridgehead atoms. The maximum absolute atomic E-state index is 4.18. The maximum Gasteiger partial charge on any atom is 0.137 e. The number of fused-ring (bicyclic) bond motifs is 1. The fourth-order valence-electron chi connectivity index (χ4n) is 2.02. The predicted molar refractivity (Wildman–Crippen MR) is 57.7 cm³/mol. The highest BCUT2D eigenvalue weighted by molar-refractivity contribution is 5.53. The van der Waals surface area contributed by atoms with Gasteiger partial charge in [-0.1, -0.05) is 18.2 Å². The van der Waals surface area contributed by atoms with Gasteiger partial charge in [0.2, 0.25) is 0 Å². The van der Waals surface area contributed by atoms with Crippen LogP contribution in [0.25, 0.3) is 0 Å². The third-order valence-corrected chi connectivity index (χ3v) is 2.81. The fourth-order valence-corrected chi connectivity index (χ4v) is 2.02. The summed E-state index contributed by atoms with van der Waals surface area (Å²) in [7, 11) is 0. The van der Waals surface area contributed by atoms with Crippen molar-refractivity contribution in [3.05, 3.63) is 42.5 Å². The van der Waals surface area contributed by atoms with E-state index in [9.17, 15) is 0 Å². The summed E-state index contributed by atoms with van der Waals surface area (Å²) in [5, 5.41) is 7.59. The van der Waals surface area contributed by atoms with E-state index < -0.39 is 0 Å². The normalized spacial score (nSPS) is 19.3. The van der Waals surface area contributed by atoms with Crippen LogP contribution >= 0.6 is 0 Å². The zero-order valence-corrected chi connectivity index (χ0v) is 8.30. The Bertz CT molecular complexity index is 449. The Hall–Kier alpha value is -1.84. The first-order valence-corrected chi connectivity index (χ1v) is 5.09. The van der Waals surface area contributed by atoms with Crippen molar-refractivity contribution in [2.24, 2.45) is 0 Å². The molecule has 0 saturated carbocycles. The van der Waals surface area contributed by atoms with Gasteiger partial charge < -0.3 is 5.32 Å². The zero-order chi connectivity index (χ0) is 10.1. The molecule has 2 aromatic rings. The lowest BCUT2D eigenvalue weighted by molar-refractivity contribution is 0.460. The van der Waals surface area contributed by atoms with Crippen LogP contribution < -0.4 is 5.32 Å². The van der Waals surface area contributed by atoms with Gasteiger partial charge in [0.1, 0.15) is 12.7 Å². The Morgan fingerprint density at radius 3 is 3.13 bits per heavy atom. The van der Waals surface area contributed by atoms with Crippen LogP contribution in [0.3, 0.4) is 0 Å². The van der Waals surface area contributed by atoms with E-state index in [1.807, 2.05) is 4.68 Å². The zero-order valence-electron chi connectivity index (χ0n) is 8.30. The number of nitrogens with zero attached hydrogens (tertiary/aromatic N) is 3. The number of benzene rings is 1. The van der Waals surface area contributed by atoms with E-state index in [4.69, 9.17) is 0 Å². The van der Waals surface area contributed by atoms with E-state index in [-0.39, 0.29) is 0 Å². The van der Waals surface area contributed by atoms with Gasteiger partial charge in [0.15, 0.2) is 0 Å². The van der Waals surface area contributed by atoms with Crippen LogP contribution in [0.5, 0.6) is 0 Å². The number of anilines is 1. The Kier molecular flexibility index (Phi) is 1.91. The number of hydrogen-bond acceptors (Lipinski definition) is 3. The molecule has 1 atom stereocenters. The third-order valence-electron chi connectivity index (χ3n) is 2.81. The van der Waals surface area contributed by atoms with Crippen LogP contribution in [0, 0.1) is 0 Å². The van der Waals surface area contributed by atoms with Crippen LogP contribution in [-0.4, -0.2) is 21.3 Å². The van der Waals surface area contributed by atoms with Gasteiger partial charge in [-0.15, -0.1) is 0 Å². The van der Waals surface area contributed by atoms with Gasteiger partial charge in [-0.2, -0.15) is 5.10 Å². The lowest BCUT2D eigenvalue weighted by atomic mass is 10.00. The van der Waals surface area contributed by atoms with Crippen molar-refractivity contribution in [1.29, 1.82) is 0 Å². The molecule has 1 aliphatic heterocycles. The SMILES string of the molecule is c1ccc2c(c1)CC(n1cncn1)CN2. The quantitative estimate of drug-likeness (QED) is 0.758. The van der Waals surface area contributed by atoms with Gasteiger partial charge in [0.25, 0.3) is 0 Å².